The van der Waals surface area contributed by atoms with E-state index in [1.807, 2.05) is 175 Å². The second kappa shape index (κ2) is 19.9. The number of benzene rings is 2. The predicted molar refractivity (Wildman–Crippen MR) is 260 cm³/mol. The van der Waals surface area contributed by atoms with Crippen molar-refractivity contribution in [2.45, 2.75) is 194 Å². The quantitative estimate of drug-likeness (QED) is 0.223. The molecule has 0 aliphatic carbocycles. The standard InChI is InChI=1S/C19H32BNO4S.C13H20BrNO2S.C12H24B2O4/c1-13(21-26(22)17(2,3)4)15-11-10-14(12-16(15)23-9)20-24-18(5,6)19(7,8)25-20;1-9(15-18(16)13(2,3)4)11-7-6-10(14)8-12(11)17-5;1-9(2)10(3,4)16-13(15-9)14-17-11(5,6)12(7,8)18-14/h10-13,21H,1-9H3;6-9,15H,1-5H3;1-8H3/t13-,26+;9-,18+;/m00./s1. The maximum absolute atomic E-state index is 12.4. The molecular formula is C44H76B3BrN2O10S2. The van der Waals surface area contributed by atoms with E-state index in [2.05, 4.69) is 25.4 Å². The van der Waals surface area contributed by atoms with Crippen LogP contribution in [0.5, 0.6) is 11.5 Å². The highest BCUT2D eigenvalue weighted by Crippen LogP contribution is 2.43. The first kappa shape index (κ1) is 55.0. The van der Waals surface area contributed by atoms with Crippen molar-refractivity contribution in [3.05, 3.63) is 52.0 Å². The zero-order valence-electron chi connectivity index (χ0n) is 41.6. The molecule has 3 saturated heterocycles. The van der Waals surface area contributed by atoms with Gasteiger partial charge in [0.1, 0.15) is 11.5 Å². The van der Waals surface area contributed by atoms with Gasteiger partial charge in [-0.1, -0.05) is 34.1 Å². The molecule has 12 nitrogen and oxygen atoms in total. The Bertz CT molecular complexity index is 1820. The number of methoxy groups -OCH3 is 2. The summed E-state index contributed by atoms with van der Waals surface area (Å²) in [5.41, 5.74) is 0.645. The Balaban J connectivity index is 0.000000255. The molecule has 0 radical (unpaired) electrons. The predicted octanol–water partition coefficient (Wildman–Crippen LogP) is 8.93. The van der Waals surface area contributed by atoms with Crippen molar-refractivity contribution in [3.63, 3.8) is 0 Å². The molecule has 2 N–H and O–H groups in total. The van der Waals surface area contributed by atoms with E-state index in [0.717, 1.165) is 32.6 Å². The monoisotopic (exact) mass is 968 g/mol. The Kier molecular flexibility index (Phi) is 17.6. The zero-order chi connectivity index (χ0) is 47.8. The number of nitrogens with one attached hydrogen (secondary N) is 2. The second-order valence-corrected chi connectivity index (χ2v) is 26.1. The number of halogens is 1. The van der Waals surface area contributed by atoms with Crippen LogP contribution in [0.4, 0.5) is 0 Å². The number of ether oxygens (including phenoxy) is 2. The molecule has 0 unspecified atom stereocenters. The van der Waals surface area contributed by atoms with E-state index in [1.54, 1.807) is 14.2 Å². The highest BCUT2D eigenvalue weighted by Gasteiger charge is 2.63. The minimum absolute atomic E-state index is 0.0342. The zero-order valence-corrected chi connectivity index (χ0v) is 44.8. The van der Waals surface area contributed by atoms with E-state index >= 15 is 0 Å². The fraction of sp³-hybridized carbons (Fsp3) is 0.727. The highest BCUT2D eigenvalue weighted by atomic mass is 79.9. The fourth-order valence-corrected chi connectivity index (χ4v) is 8.00. The third-order valence-electron chi connectivity index (χ3n) is 12.4. The summed E-state index contributed by atoms with van der Waals surface area (Å²) < 4.78 is 78.1. The van der Waals surface area contributed by atoms with Crippen molar-refractivity contribution in [2.75, 3.05) is 14.2 Å². The van der Waals surface area contributed by atoms with Gasteiger partial charge in [-0.15, -0.1) is 0 Å². The van der Waals surface area contributed by atoms with Gasteiger partial charge in [0.25, 0.3) is 0 Å². The summed E-state index contributed by atoms with van der Waals surface area (Å²) in [6.07, 6.45) is 0. The summed E-state index contributed by atoms with van der Waals surface area (Å²) in [6.45, 7) is 40.0. The van der Waals surface area contributed by atoms with Crippen LogP contribution in [0, 0.1) is 0 Å². The van der Waals surface area contributed by atoms with Crippen LogP contribution in [0.25, 0.3) is 0 Å². The molecule has 3 heterocycles. The van der Waals surface area contributed by atoms with Gasteiger partial charge in [-0.3, -0.25) is 0 Å². The van der Waals surface area contributed by atoms with Gasteiger partial charge in [0.05, 0.1) is 79.3 Å². The summed E-state index contributed by atoms with van der Waals surface area (Å²) in [7, 11) is -0.372. The van der Waals surface area contributed by atoms with Crippen LogP contribution in [0.3, 0.4) is 0 Å². The number of hydrogen-bond acceptors (Lipinski definition) is 10. The van der Waals surface area contributed by atoms with E-state index < -0.39 is 43.1 Å². The average molecular weight is 970 g/mol. The van der Waals surface area contributed by atoms with Crippen molar-refractivity contribution in [2.24, 2.45) is 0 Å². The molecule has 2 aromatic carbocycles. The third-order valence-corrected chi connectivity index (χ3v) is 16.2. The first-order valence-corrected chi connectivity index (χ1v) is 24.5. The van der Waals surface area contributed by atoms with Crippen LogP contribution in [-0.4, -0.2) is 86.9 Å². The van der Waals surface area contributed by atoms with Gasteiger partial charge in [-0.05, 0) is 162 Å². The van der Waals surface area contributed by atoms with Gasteiger partial charge in [0.2, 0.25) is 0 Å². The van der Waals surface area contributed by atoms with Crippen LogP contribution in [0.15, 0.2) is 40.9 Å². The summed E-state index contributed by atoms with van der Waals surface area (Å²) in [4.78, 5) is 0. The van der Waals surface area contributed by atoms with E-state index in [9.17, 15) is 8.42 Å². The molecule has 350 valence electrons. The van der Waals surface area contributed by atoms with Crippen molar-refractivity contribution < 1.29 is 45.8 Å². The van der Waals surface area contributed by atoms with Crippen LogP contribution in [0.2, 0.25) is 0 Å². The summed E-state index contributed by atoms with van der Waals surface area (Å²) in [5.74, 6) is 1.51. The molecule has 4 atom stereocenters. The molecule has 3 aliphatic rings. The fourth-order valence-electron chi connectivity index (χ4n) is 6.06. The maximum Gasteiger partial charge on any atom is 0.494 e. The Morgan fingerprint density at radius 2 is 0.855 bits per heavy atom. The van der Waals surface area contributed by atoms with E-state index in [-0.39, 0.29) is 55.2 Å². The first-order valence-electron chi connectivity index (χ1n) is 21.4. The van der Waals surface area contributed by atoms with E-state index in [1.165, 1.54) is 0 Å². The van der Waals surface area contributed by atoms with Crippen molar-refractivity contribution >= 4 is 64.5 Å². The van der Waals surface area contributed by atoms with Gasteiger partial charge in [0.15, 0.2) is 0 Å². The van der Waals surface area contributed by atoms with Gasteiger partial charge < -0.3 is 37.4 Å². The summed E-state index contributed by atoms with van der Waals surface area (Å²) >= 11 is 3.41. The van der Waals surface area contributed by atoms with Crippen molar-refractivity contribution in [3.8, 4) is 11.5 Å². The topological polar surface area (TPSA) is 132 Å². The van der Waals surface area contributed by atoms with Crippen molar-refractivity contribution in [1.29, 1.82) is 0 Å². The molecule has 3 fully saturated rings. The Labute approximate surface area is 389 Å². The Morgan fingerprint density at radius 3 is 1.18 bits per heavy atom. The molecule has 0 amide bonds. The van der Waals surface area contributed by atoms with Gasteiger partial charge in [0, 0.05) is 27.7 Å². The van der Waals surface area contributed by atoms with Gasteiger partial charge >= 0.3 is 21.1 Å². The van der Waals surface area contributed by atoms with Gasteiger partial charge in [-0.2, -0.15) is 0 Å². The SMILES string of the molecule is CC1(C)OB(B2OC(C)(C)C(C)(C)O2)OC1(C)C.COc1cc(B2OC(C)(C)C(C)(C)O2)ccc1[C@H](C)N[S@](=O)C(C)(C)C.COc1cc(Br)ccc1[C@H](C)N[S@](=O)C(C)(C)C. The highest BCUT2D eigenvalue weighted by molar-refractivity contribution is 9.10. The summed E-state index contributed by atoms with van der Waals surface area (Å²) in [6, 6.07) is 11.6. The molecule has 62 heavy (non-hydrogen) atoms. The maximum atomic E-state index is 12.4. The molecule has 2 aromatic rings. The van der Waals surface area contributed by atoms with Crippen LogP contribution in [-0.2, 0) is 49.9 Å². The number of hydrogen-bond donors (Lipinski definition) is 2. The van der Waals surface area contributed by atoms with E-state index in [4.69, 9.17) is 37.4 Å². The lowest BCUT2D eigenvalue weighted by Gasteiger charge is -2.32. The molecule has 5 rings (SSSR count). The van der Waals surface area contributed by atoms with Crippen LogP contribution < -0.4 is 24.4 Å². The first-order chi connectivity index (χ1) is 27.9. The third kappa shape index (κ3) is 13.2. The Morgan fingerprint density at radius 1 is 0.548 bits per heavy atom. The van der Waals surface area contributed by atoms with Crippen LogP contribution in [0.1, 0.15) is 162 Å². The smallest absolute Gasteiger partial charge is 0.494 e. The van der Waals surface area contributed by atoms with E-state index in [0.29, 0.717) is 0 Å². The minimum Gasteiger partial charge on any atom is -0.496 e. The molecule has 3 aliphatic heterocycles. The lowest BCUT2D eigenvalue weighted by Crippen LogP contribution is -2.41. The van der Waals surface area contributed by atoms with Crippen molar-refractivity contribution in [1.82, 2.24) is 9.44 Å². The summed E-state index contributed by atoms with van der Waals surface area (Å²) in [5, 5.41) is 0. The second-order valence-electron chi connectivity index (χ2n) is 21.2. The molecule has 18 heteroatoms. The minimum atomic E-state index is -1.16. The van der Waals surface area contributed by atoms with Gasteiger partial charge in [-0.25, -0.2) is 17.9 Å². The largest absolute Gasteiger partial charge is 0.496 e. The lowest BCUT2D eigenvalue weighted by atomic mass is 9.49. The molecule has 0 saturated carbocycles. The molecular weight excluding hydrogens is 893 g/mol. The number of rotatable bonds is 10. The normalized spacial score (nSPS) is 22.7. The molecule has 0 aromatic heterocycles. The lowest BCUT2D eigenvalue weighted by molar-refractivity contribution is 0.00578. The van der Waals surface area contributed by atoms with Crippen LogP contribution >= 0.6 is 15.9 Å². The Hall–Kier alpha value is -1.31. The molecule has 0 bridgehead atoms. The average Bonchev–Trinajstić information content (AvgIpc) is 3.59. The molecule has 0 spiro atoms.